The molecule has 0 saturated carbocycles. The SMILES string of the molecule is CC(C)=CCC/C(C)=C/CS(=O)(=O)c1ccccn1. The maximum Gasteiger partial charge on any atom is 0.199 e. The highest BCUT2D eigenvalue weighted by molar-refractivity contribution is 7.91. The molecule has 0 unspecified atom stereocenters. The maximum absolute atomic E-state index is 12.0. The lowest BCUT2D eigenvalue weighted by molar-refractivity contribution is 0.595. The Hall–Kier alpha value is -1.42. The van der Waals surface area contributed by atoms with E-state index in [1.165, 1.54) is 17.8 Å². The lowest BCUT2D eigenvalue weighted by Gasteiger charge is -2.02. The van der Waals surface area contributed by atoms with Gasteiger partial charge in [-0.2, -0.15) is 0 Å². The summed E-state index contributed by atoms with van der Waals surface area (Å²) in [6, 6.07) is 4.92. The summed E-state index contributed by atoms with van der Waals surface area (Å²) in [5.41, 5.74) is 2.38. The van der Waals surface area contributed by atoms with Gasteiger partial charge < -0.3 is 0 Å². The molecule has 0 amide bonds. The van der Waals surface area contributed by atoms with E-state index in [0.29, 0.717) is 0 Å². The van der Waals surface area contributed by atoms with Crippen molar-refractivity contribution < 1.29 is 8.42 Å². The Morgan fingerprint density at radius 2 is 1.95 bits per heavy atom. The second kappa shape index (κ2) is 7.24. The maximum atomic E-state index is 12.0. The van der Waals surface area contributed by atoms with Gasteiger partial charge in [0.15, 0.2) is 14.9 Å². The van der Waals surface area contributed by atoms with Crippen molar-refractivity contribution in [3.63, 3.8) is 0 Å². The zero-order chi connectivity index (χ0) is 14.3. The minimum absolute atomic E-state index is 0.0185. The highest BCUT2D eigenvalue weighted by Crippen LogP contribution is 2.11. The molecule has 0 aromatic carbocycles. The number of hydrogen-bond donors (Lipinski definition) is 0. The zero-order valence-electron chi connectivity index (χ0n) is 11.8. The number of hydrogen-bond acceptors (Lipinski definition) is 3. The van der Waals surface area contributed by atoms with Crippen LogP contribution in [0.25, 0.3) is 0 Å². The Balaban J connectivity index is 2.62. The van der Waals surface area contributed by atoms with Crippen LogP contribution in [0, 0.1) is 0 Å². The van der Waals surface area contributed by atoms with Crippen molar-refractivity contribution in [2.45, 2.75) is 38.6 Å². The highest BCUT2D eigenvalue weighted by Gasteiger charge is 2.13. The second-order valence-corrected chi connectivity index (χ2v) is 6.80. The summed E-state index contributed by atoms with van der Waals surface area (Å²) in [5.74, 6) is 0.0185. The normalized spacial score (nSPS) is 12.3. The van der Waals surface area contributed by atoms with Crippen LogP contribution in [0.1, 0.15) is 33.6 Å². The smallest absolute Gasteiger partial charge is 0.199 e. The molecule has 1 aromatic heterocycles. The summed E-state index contributed by atoms with van der Waals surface area (Å²) < 4.78 is 24.0. The van der Waals surface area contributed by atoms with E-state index in [1.54, 1.807) is 18.2 Å². The molecule has 0 bridgehead atoms. The van der Waals surface area contributed by atoms with Crippen LogP contribution in [0.15, 0.2) is 52.7 Å². The van der Waals surface area contributed by atoms with Crippen LogP contribution in [0.5, 0.6) is 0 Å². The third kappa shape index (κ3) is 5.83. The largest absolute Gasteiger partial charge is 0.245 e. The van der Waals surface area contributed by atoms with Crippen LogP contribution in [0.2, 0.25) is 0 Å². The van der Waals surface area contributed by atoms with E-state index in [1.807, 2.05) is 6.92 Å². The predicted octanol–water partition coefficient (Wildman–Crippen LogP) is 3.55. The van der Waals surface area contributed by atoms with Crippen molar-refractivity contribution in [1.82, 2.24) is 4.98 Å². The molecular formula is C15H21NO2S. The van der Waals surface area contributed by atoms with Gasteiger partial charge in [0.1, 0.15) is 0 Å². The van der Waals surface area contributed by atoms with Crippen molar-refractivity contribution >= 4 is 9.84 Å². The third-order valence-electron chi connectivity index (χ3n) is 2.70. The van der Waals surface area contributed by atoms with E-state index in [9.17, 15) is 8.42 Å². The Labute approximate surface area is 116 Å². The zero-order valence-corrected chi connectivity index (χ0v) is 12.6. The molecule has 1 aromatic rings. The molecule has 0 saturated heterocycles. The van der Waals surface area contributed by atoms with Crippen LogP contribution in [-0.2, 0) is 9.84 Å². The number of nitrogens with zero attached hydrogens (tertiary/aromatic N) is 1. The van der Waals surface area contributed by atoms with Gasteiger partial charge in [0, 0.05) is 6.20 Å². The van der Waals surface area contributed by atoms with Gasteiger partial charge in [-0.1, -0.05) is 29.4 Å². The molecule has 0 aliphatic rings. The van der Waals surface area contributed by atoms with Crippen molar-refractivity contribution in [3.05, 3.63) is 47.7 Å². The Kier molecular flexibility index (Phi) is 5.96. The molecule has 0 N–H and O–H groups in total. The van der Waals surface area contributed by atoms with Gasteiger partial charge in [-0.15, -0.1) is 0 Å². The van der Waals surface area contributed by atoms with Gasteiger partial charge in [-0.3, -0.25) is 0 Å². The van der Waals surface area contributed by atoms with Crippen molar-refractivity contribution in [2.24, 2.45) is 0 Å². The molecule has 0 spiro atoms. The van der Waals surface area contributed by atoms with E-state index in [-0.39, 0.29) is 10.8 Å². The van der Waals surface area contributed by atoms with Gasteiger partial charge in [0.05, 0.1) is 5.75 Å². The van der Waals surface area contributed by atoms with Crippen LogP contribution in [-0.4, -0.2) is 19.2 Å². The van der Waals surface area contributed by atoms with Gasteiger partial charge in [-0.05, 0) is 45.7 Å². The summed E-state index contributed by atoms with van der Waals surface area (Å²) in [7, 11) is -3.30. The lowest BCUT2D eigenvalue weighted by atomic mass is 10.1. The fraction of sp³-hybridized carbons (Fsp3) is 0.400. The van der Waals surface area contributed by atoms with Gasteiger partial charge in [0.25, 0.3) is 0 Å². The summed E-state index contributed by atoms with van der Waals surface area (Å²) >= 11 is 0. The van der Waals surface area contributed by atoms with E-state index in [0.717, 1.165) is 18.4 Å². The standard InChI is InChI=1S/C15H21NO2S/c1-13(2)7-6-8-14(3)10-12-19(17,18)15-9-4-5-11-16-15/h4-5,7,9-11H,6,8,12H2,1-3H3/b14-10+. The molecule has 19 heavy (non-hydrogen) atoms. The number of pyridine rings is 1. The quantitative estimate of drug-likeness (QED) is 0.748. The van der Waals surface area contributed by atoms with Crippen LogP contribution in [0.3, 0.4) is 0 Å². The summed E-state index contributed by atoms with van der Waals surface area (Å²) in [6.07, 6.45) is 7.28. The molecule has 1 rings (SSSR count). The number of rotatable bonds is 6. The second-order valence-electron chi connectivity index (χ2n) is 4.82. The minimum Gasteiger partial charge on any atom is -0.245 e. The topological polar surface area (TPSA) is 47.0 Å². The van der Waals surface area contributed by atoms with E-state index >= 15 is 0 Å². The van der Waals surface area contributed by atoms with Gasteiger partial charge in [0.2, 0.25) is 0 Å². The minimum atomic E-state index is -3.30. The average molecular weight is 279 g/mol. The van der Waals surface area contributed by atoms with Crippen LogP contribution < -0.4 is 0 Å². The van der Waals surface area contributed by atoms with Crippen LogP contribution in [0.4, 0.5) is 0 Å². The monoisotopic (exact) mass is 279 g/mol. The van der Waals surface area contributed by atoms with Crippen molar-refractivity contribution in [3.8, 4) is 0 Å². The molecule has 1 heterocycles. The fourth-order valence-electron chi connectivity index (χ4n) is 1.56. The molecule has 0 aliphatic carbocycles. The summed E-state index contributed by atoms with van der Waals surface area (Å²) in [4.78, 5) is 3.89. The molecule has 0 aliphatic heterocycles. The van der Waals surface area contributed by atoms with E-state index in [2.05, 4.69) is 24.9 Å². The van der Waals surface area contributed by atoms with Gasteiger partial charge in [-0.25, -0.2) is 13.4 Å². The van der Waals surface area contributed by atoms with Crippen LogP contribution >= 0.6 is 0 Å². The fourth-order valence-corrected chi connectivity index (χ4v) is 2.74. The first-order chi connectivity index (χ1) is 8.92. The molecule has 0 fully saturated rings. The van der Waals surface area contributed by atoms with Crippen molar-refractivity contribution in [1.29, 1.82) is 0 Å². The first kappa shape index (κ1) is 15.6. The number of allylic oxidation sites excluding steroid dienone is 3. The molecule has 3 nitrogen and oxygen atoms in total. The third-order valence-corrected chi connectivity index (χ3v) is 4.18. The molecule has 104 valence electrons. The average Bonchev–Trinajstić information content (AvgIpc) is 2.37. The Morgan fingerprint density at radius 3 is 2.53 bits per heavy atom. The number of sulfone groups is 1. The molecule has 4 heteroatoms. The Morgan fingerprint density at radius 1 is 1.21 bits per heavy atom. The molecule has 0 radical (unpaired) electrons. The highest BCUT2D eigenvalue weighted by atomic mass is 32.2. The molecule has 0 atom stereocenters. The predicted molar refractivity (Wildman–Crippen MR) is 78.7 cm³/mol. The number of aromatic nitrogens is 1. The summed E-state index contributed by atoms with van der Waals surface area (Å²) in [5, 5.41) is 0.142. The first-order valence-electron chi connectivity index (χ1n) is 6.34. The van der Waals surface area contributed by atoms with E-state index in [4.69, 9.17) is 0 Å². The van der Waals surface area contributed by atoms with Gasteiger partial charge >= 0.3 is 0 Å². The van der Waals surface area contributed by atoms with Crippen molar-refractivity contribution in [2.75, 3.05) is 5.75 Å². The first-order valence-corrected chi connectivity index (χ1v) is 8.00. The summed E-state index contributed by atoms with van der Waals surface area (Å²) in [6.45, 7) is 6.09. The molecular weight excluding hydrogens is 258 g/mol. The lowest BCUT2D eigenvalue weighted by Crippen LogP contribution is -2.07. The Bertz CT molecular complexity index is 553. The van der Waals surface area contributed by atoms with E-state index < -0.39 is 9.84 Å².